The minimum atomic E-state index is -0.169. The summed E-state index contributed by atoms with van der Waals surface area (Å²) in [6.07, 6.45) is 0. The summed E-state index contributed by atoms with van der Waals surface area (Å²) in [6, 6.07) is 22.5. The van der Waals surface area contributed by atoms with Crippen molar-refractivity contribution in [2.24, 2.45) is 0 Å². The van der Waals surface area contributed by atoms with E-state index in [0.29, 0.717) is 6.54 Å². The van der Waals surface area contributed by atoms with Crippen LogP contribution in [0.4, 0.5) is 0 Å². The molecule has 4 nitrogen and oxygen atoms in total. The first-order chi connectivity index (χ1) is 13.1. The number of carbonyl (C=O) groups is 1. The molecule has 4 heteroatoms. The van der Waals surface area contributed by atoms with Crippen molar-refractivity contribution >= 4 is 16.7 Å². The number of benzene rings is 3. The molecule has 3 aromatic rings. The standard InChI is InChI=1S/C23H26N2O2/c1-16(21-10-6-8-19-7-4-5-9-22(19)21)25-17(2)23(26)24-15-18-11-13-20(27-3)14-12-18/h4-14,16-17,25H,15H2,1-3H3,(H,24,26)/p+1/t16-,17+/m0/s1. The van der Waals surface area contributed by atoms with Crippen LogP contribution < -0.4 is 15.4 Å². The number of fused-ring (bicyclic) bond motifs is 1. The fraction of sp³-hybridized carbons (Fsp3) is 0.261. The van der Waals surface area contributed by atoms with E-state index in [9.17, 15) is 4.79 Å². The van der Waals surface area contributed by atoms with Crippen molar-refractivity contribution in [3.63, 3.8) is 0 Å². The van der Waals surface area contributed by atoms with Crippen LogP contribution in [0, 0.1) is 0 Å². The molecule has 0 heterocycles. The van der Waals surface area contributed by atoms with Crippen LogP contribution in [-0.4, -0.2) is 19.1 Å². The van der Waals surface area contributed by atoms with Crippen molar-refractivity contribution in [3.8, 4) is 5.75 Å². The van der Waals surface area contributed by atoms with E-state index in [1.165, 1.54) is 16.3 Å². The molecule has 3 rings (SSSR count). The van der Waals surface area contributed by atoms with Gasteiger partial charge in [0.25, 0.3) is 5.91 Å². The molecule has 0 fully saturated rings. The zero-order valence-electron chi connectivity index (χ0n) is 16.1. The van der Waals surface area contributed by atoms with Gasteiger partial charge in [0.05, 0.1) is 7.11 Å². The normalized spacial score (nSPS) is 13.1. The van der Waals surface area contributed by atoms with Gasteiger partial charge in [-0.15, -0.1) is 0 Å². The Morgan fingerprint density at radius 2 is 1.70 bits per heavy atom. The maximum Gasteiger partial charge on any atom is 0.278 e. The van der Waals surface area contributed by atoms with Crippen LogP contribution in [0.2, 0.25) is 0 Å². The van der Waals surface area contributed by atoms with Gasteiger partial charge in [0.2, 0.25) is 0 Å². The van der Waals surface area contributed by atoms with Crippen LogP contribution in [0.3, 0.4) is 0 Å². The highest BCUT2D eigenvalue weighted by Gasteiger charge is 2.21. The highest BCUT2D eigenvalue weighted by molar-refractivity contribution is 5.86. The average molecular weight is 363 g/mol. The summed E-state index contributed by atoms with van der Waals surface area (Å²) in [6.45, 7) is 4.61. The first-order valence-electron chi connectivity index (χ1n) is 9.32. The molecule has 0 saturated carbocycles. The number of rotatable bonds is 7. The Kier molecular flexibility index (Phi) is 6.09. The molecule has 0 aliphatic heterocycles. The van der Waals surface area contributed by atoms with E-state index in [0.717, 1.165) is 11.3 Å². The Bertz CT molecular complexity index is 900. The van der Waals surface area contributed by atoms with Gasteiger partial charge in [0.15, 0.2) is 6.04 Å². The smallest absolute Gasteiger partial charge is 0.278 e. The van der Waals surface area contributed by atoms with Gasteiger partial charge in [-0.25, -0.2) is 0 Å². The van der Waals surface area contributed by atoms with Crippen molar-refractivity contribution in [1.82, 2.24) is 5.32 Å². The SMILES string of the molecule is COc1ccc(CNC(=O)[C@@H](C)[NH2+][C@@H](C)c2cccc3ccccc23)cc1. The summed E-state index contributed by atoms with van der Waals surface area (Å²) in [7, 11) is 1.64. The molecule has 0 saturated heterocycles. The Hall–Kier alpha value is -2.85. The zero-order chi connectivity index (χ0) is 19.2. The quantitative estimate of drug-likeness (QED) is 0.677. The number of hydrogen-bond acceptors (Lipinski definition) is 2. The number of nitrogens with one attached hydrogen (secondary N) is 1. The maximum atomic E-state index is 12.5. The lowest BCUT2D eigenvalue weighted by Crippen LogP contribution is -2.92. The molecular weight excluding hydrogens is 336 g/mol. The van der Waals surface area contributed by atoms with Crippen LogP contribution in [0.5, 0.6) is 5.75 Å². The second-order valence-corrected chi connectivity index (χ2v) is 6.90. The summed E-state index contributed by atoms with van der Waals surface area (Å²) in [5, 5.41) is 7.61. The summed E-state index contributed by atoms with van der Waals surface area (Å²) >= 11 is 0. The minimum absolute atomic E-state index is 0.0397. The lowest BCUT2D eigenvalue weighted by molar-refractivity contribution is -0.710. The molecule has 140 valence electrons. The van der Waals surface area contributed by atoms with E-state index in [-0.39, 0.29) is 18.0 Å². The highest BCUT2D eigenvalue weighted by atomic mass is 16.5. The molecule has 0 radical (unpaired) electrons. The molecule has 1 amide bonds. The molecule has 0 bridgehead atoms. The van der Waals surface area contributed by atoms with E-state index in [1.54, 1.807) is 7.11 Å². The fourth-order valence-corrected chi connectivity index (χ4v) is 3.37. The predicted octanol–water partition coefficient (Wildman–Crippen LogP) is 3.18. The van der Waals surface area contributed by atoms with Crippen molar-refractivity contribution in [2.45, 2.75) is 32.5 Å². The first kappa shape index (κ1) is 18.9. The van der Waals surface area contributed by atoms with E-state index < -0.39 is 0 Å². The number of carbonyl (C=O) groups excluding carboxylic acids is 1. The molecule has 3 N–H and O–H groups in total. The molecule has 0 unspecified atom stereocenters. The zero-order valence-corrected chi connectivity index (χ0v) is 16.1. The monoisotopic (exact) mass is 363 g/mol. The van der Waals surface area contributed by atoms with E-state index >= 15 is 0 Å². The summed E-state index contributed by atoms with van der Waals surface area (Å²) in [5.74, 6) is 0.855. The number of hydrogen-bond donors (Lipinski definition) is 2. The fourth-order valence-electron chi connectivity index (χ4n) is 3.37. The molecule has 0 aromatic heterocycles. The van der Waals surface area contributed by atoms with Crippen LogP contribution in [0.1, 0.15) is 31.0 Å². The molecule has 0 aliphatic carbocycles. The van der Waals surface area contributed by atoms with Gasteiger partial charge in [-0.05, 0) is 42.3 Å². The number of amides is 1. The van der Waals surface area contributed by atoms with Gasteiger partial charge in [0, 0.05) is 12.1 Å². The molecule has 3 aromatic carbocycles. The number of methoxy groups -OCH3 is 1. The lowest BCUT2D eigenvalue weighted by atomic mass is 9.99. The van der Waals surface area contributed by atoms with Crippen LogP contribution in [0.15, 0.2) is 66.7 Å². The summed E-state index contributed by atoms with van der Waals surface area (Å²) in [5.41, 5.74) is 2.31. The Morgan fingerprint density at radius 3 is 2.44 bits per heavy atom. The van der Waals surface area contributed by atoms with Gasteiger partial charge in [-0.1, -0.05) is 54.6 Å². The van der Waals surface area contributed by atoms with Crippen molar-refractivity contribution in [1.29, 1.82) is 0 Å². The average Bonchev–Trinajstić information content (AvgIpc) is 2.71. The lowest BCUT2D eigenvalue weighted by Gasteiger charge is -2.18. The first-order valence-corrected chi connectivity index (χ1v) is 9.32. The third-order valence-corrected chi connectivity index (χ3v) is 4.93. The number of ether oxygens (including phenoxy) is 1. The molecule has 27 heavy (non-hydrogen) atoms. The Labute approximate surface area is 160 Å². The Morgan fingerprint density at radius 1 is 1.00 bits per heavy atom. The minimum Gasteiger partial charge on any atom is -0.497 e. The third kappa shape index (κ3) is 4.66. The van der Waals surface area contributed by atoms with Crippen LogP contribution in [-0.2, 0) is 11.3 Å². The van der Waals surface area contributed by atoms with Gasteiger partial charge in [-0.3, -0.25) is 4.79 Å². The topological polar surface area (TPSA) is 54.9 Å². The molecule has 2 atom stereocenters. The van der Waals surface area contributed by atoms with Crippen molar-refractivity contribution in [2.75, 3.05) is 7.11 Å². The van der Waals surface area contributed by atoms with Crippen molar-refractivity contribution in [3.05, 3.63) is 77.9 Å². The van der Waals surface area contributed by atoms with Crippen LogP contribution >= 0.6 is 0 Å². The summed E-state index contributed by atoms with van der Waals surface area (Å²) in [4.78, 5) is 12.5. The van der Waals surface area contributed by atoms with E-state index in [2.05, 4.69) is 60.0 Å². The second kappa shape index (κ2) is 8.69. The second-order valence-electron chi connectivity index (χ2n) is 6.90. The Balaban J connectivity index is 1.59. The van der Waals surface area contributed by atoms with Gasteiger partial charge < -0.3 is 15.4 Å². The van der Waals surface area contributed by atoms with E-state index in [1.807, 2.05) is 31.2 Å². The number of nitrogens with two attached hydrogens (primary N) is 1. The maximum absolute atomic E-state index is 12.5. The molecular formula is C23H27N2O2+. The summed E-state index contributed by atoms with van der Waals surface area (Å²) < 4.78 is 5.16. The van der Waals surface area contributed by atoms with E-state index in [4.69, 9.17) is 4.74 Å². The highest BCUT2D eigenvalue weighted by Crippen LogP contribution is 2.22. The number of quaternary nitrogens is 1. The van der Waals surface area contributed by atoms with Crippen LogP contribution in [0.25, 0.3) is 10.8 Å². The van der Waals surface area contributed by atoms with Gasteiger partial charge in [-0.2, -0.15) is 0 Å². The van der Waals surface area contributed by atoms with Crippen molar-refractivity contribution < 1.29 is 14.8 Å². The largest absolute Gasteiger partial charge is 0.497 e. The molecule has 0 spiro atoms. The van der Waals surface area contributed by atoms with Gasteiger partial charge in [0.1, 0.15) is 11.8 Å². The third-order valence-electron chi connectivity index (χ3n) is 4.93. The predicted molar refractivity (Wildman–Crippen MR) is 109 cm³/mol. The molecule has 0 aliphatic rings. The van der Waals surface area contributed by atoms with Gasteiger partial charge >= 0.3 is 0 Å².